The third kappa shape index (κ3) is 5.32. The minimum Gasteiger partial charge on any atom is -0.453 e. The molecule has 1 heterocycles. The van der Waals surface area contributed by atoms with E-state index >= 15 is 0 Å². The third-order valence-corrected chi connectivity index (χ3v) is 4.84. The number of hydrogen-bond donors (Lipinski definition) is 1. The number of rotatable bonds is 7. The van der Waals surface area contributed by atoms with Crippen molar-refractivity contribution in [2.24, 2.45) is 7.05 Å². The maximum atomic E-state index is 12.8. The first-order valence-corrected chi connectivity index (χ1v) is 9.15. The van der Waals surface area contributed by atoms with E-state index in [1.807, 2.05) is 6.92 Å². The second-order valence-electron chi connectivity index (χ2n) is 5.84. The smallest absolute Gasteiger partial charge is 0.307 e. The molecule has 0 saturated carbocycles. The van der Waals surface area contributed by atoms with Crippen molar-refractivity contribution >= 4 is 29.3 Å². The number of carbonyl (C=O) groups is 2. The van der Waals surface area contributed by atoms with E-state index in [0.29, 0.717) is 17.1 Å². The first-order valence-electron chi connectivity index (χ1n) is 8.17. The number of thioether (sulfide) groups is 1. The lowest BCUT2D eigenvalue weighted by atomic mass is 10.3. The fourth-order valence-electron chi connectivity index (χ4n) is 2.27. The van der Waals surface area contributed by atoms with E-state index in [1.54, 1.807) is 30.8 Å². The maximum Gasteiger partial charge on any atom is 0.307 e. The van der Waals surface area contributed by atoms with Crippen LogP contribution in [0.15, 0.2) is 29.2 Å². The van der Waals surface area contributed by atoms with E-state index in [2.05, 4.69) is 10.4 Å². The predicted molar refractivity (Wildman–Crippen MR) is 98.6 cm³/mol. The number of amides is 1. The van der Waals surface area contributed by atoms with Crippen molar-refractivity contribution in [3.05, 3.63) is 41.5 Å². The number of aryl methyl sites for hydroxylation is 2. The Hall–Kier alpha value is -2.35. The molecule has 0 aliphatic heterocycles. The zero-order chi connectivity index (χ0) is 19.3. The third-order valence-electron chi connectivity index (χ3n) is 3.82. The van der Waals surface area contributed by atoms with E-state index in [-0.39, 0.29) is 12.2 Å². The zero-order valence-corrected chi connectivity index (χ0v) is 16.0. The quantitative estimate of drug-likeness (QED) is 0.591. The second kappa shape index (κ2) is 8.84. The number of anilines is 1. The van der Waals surface area contributed by atoms with E-state index in [0.717, 1.165) is 10.6 Å². The van der Waals surface area contributed by atoms with Gasteiger partial charge in [-0.05, 0) is 45.0 Å². The summed E-state index contributed by atoms with van der Waals surface area (Å²) >= 11 is 1.42. The van der Waals surface area contributed by atoms with E-state index in [9.17, 15) is 14.0 Å². The van der Waals surface area contributed by atoms with Crippen LogP contribution in [0.25, 0.3) is 0 Å². The van der Waals surface area contributed by atoms with Crippen molar-refractivity contribution in [1.29, 1.82) is 0 Å². The molecule has 1 atom stereocenters. The summed E-state index contributed by atoms with van der Waals surface area (Å²) in [7, 11) is 1.79. The van der Waals surface area contributed by atoms with Gasteiger partial charge in [0, 0.05) is 17.7 Å². The molecule has 0 saturated heterocycles. The van der Waals surface area contributed by atoms with Crippen LogP contribution in [0.4, 0.5) is 10.1 Å². The lowest BCUT2D eigenvalue weighted by Gasteiger charge is -2.13. The molecule has 0 unspecified atom stereocenters. The van der Waals surface area contributed by atoms with Gasteiger partial charge in [-0.2, -0.15) is 5.10 Å². The van der Waals surface area contributed by atoms with Gasteiger partial charge >= 0.3 is 5.97 Å². The number of hydrogen-bond acceptors (Lipinski definition) is 5. The van der Waals surface area contributed by atoms with Crippen LogP contribution < -0.4 is 5.32 Å². The summed E-state index contributed by atoms with van der Waals surface area (Å²) in [6.07, 6.45) is -0.748. The second-order valence-corrected chi connectivity index (χ2v) is 7.01. The monoisotopic (exact) mass is 379 g/mol. The van der Waals surface area contributed by atoms with Gasteiger partial charge in [0.25, 0.3) is 5.91 Å². The summed E-state index contributed by atoms with van der Waals surface area (Å²) < 4.78 is 19.7. The average Bonchev–Trinajstić information content (AvgIpc) is 2.82. The van der Waals surface area contributed by atoms with E-state index in [1.165, 1.54) is 30.8 Å². The molecular formula is C18H22FN3O3S. The normalized spacial score (nSPS) is 11.9. The Balaban J connectivity index is 1.78. The molecule has 1 N–H and O–H groups in total. The summed E-state index contributed by atoms with van der Waals surface area (Å²) in [6, 6.07) is 6.05. The van der Waals surface area contributed by atoms with Crippen LogP contribution in [-0.2, 0) is 21.4 Å². The first kappa shape index (κ1) is 20.0. The van der Waals surface area contributed by atoms with Gasteiger partial charge in [0.05, 0.1) is 23.5 Å². The van der Waals surface area contributed by atoms with Crippen LogP contribution in [0.2, 0.25) is 0 Å². The van der Waals surface area contributed by atoms with Crippen molar-refractivity contribution in [1.82, 2.24) is 9.78 Å². The van der Waals surface area contributed by atoms with Gasteiger partial charge in [0.15, 0.2) is 6.10 Å². The Bertz CT molecular complexity index is 790. The molecule has 0 spiro atoms. The molecule has 0 fully saturated rings. The highest BCUT2D eigenvalue weighted by molar-refractivity contribution is 7.99. The highest BCUT2D eigenvalue weighted by Crippen LogP contribution is 2.20. The number of aromatic nitrogens is 2. The Morgan fingerprint density at radius 1 is 1.31 bits per heavy atom. The molecule has 0 radical (unpaired) electrons. The molecule has 1 aromatic heterocycles. The van der Waals surface area contributed by atoms with Crippen molar-refractivity contribution in [3.8, 4) is 0 Å². The Labute approximate surface area is 156 Å². The van der Waals surface area contributed by atoms with Gasteiger partial charge in [-0.25, -0.2) is 4.39 Å². The number of nitrogens with zero attached hydrogens (tertiary/aromatic N) is 2. The van der Waals surface area contributed by atoms with Crippen LogP contribution >= 0.6 is 11.8 Å². The molecule has 140 valence electrons. The first-order chi connectivity index (χ1) is 12.3. The van der Waals surface area contributed by atoms with Crippen LogP contribution in [-0.4, -0.2) is 33.5 Å². The highest BCUT2D eigenvalue weighted by Gasteiger charge is 2.20. The summed E-state index contributed by atoms with van der Waals surface area (Å²) in [4.78, 5) is 25.0. The molecule has 0 aliphatic carbocycles. The van der Waals surface area contributed by atoms with Crippen molar-refractivity contribution < 1.29 is 18.7 Å². The number of benzene rings is 1. The molecule has 2 rings (SSSR count). The Kier molecular flexibility index (Phi) is 6.79. The zero-order valence-electron chi connectivity index (χ0n) is 15.2. The van der Waals surface area contributed by atoms with Gasteiger partial charge in [-0.3, -0.25) is 14.3 Å². The van der Waals surface area contributed by atoms with Crippen LogP contribution in [0.5, 0.6) is 0 Å². The minimum absolute atomic E-state index is 0.157. The van der Waals surface area contributed by atoms with E-state index < -0.39 is 18.0 Å². The van der Waals surface area contributed by atoms with E-state index in [4.69, 9.17) is 4.74 Å². The predicted octanol–water partition coefficient (Wildman–Crippen LogP) is 3.23. The summed E-state index contributed by atoms with van der Waals surface area (Å²) in [6.45, 7) is 5.17. The number of esters is 1. The SMILES string of the molecule is Cc1nn(C)c(C)c1NC(=O)[C@H](C)OC(=O)CCSc1ccc(F)cc1. The van der Waals surface area contributed by atoms with Crippen LogP contribution in [0.1, 0.15) is 24.7 Å². The maximum absolute atomic E-state index is 12.8. The van der Waals surface area contributed by atoms with Gasteiger partial charge in [-0.15, -0.1) is 11.8 Å². The largest absolute Gasteiger partial charge is 0.453 e. The lowest BCUT2D eigenvalue weighted by Crippen LogP contribution is -2.30. The molecule has 8 heteroatoms. The Morgan fingerprint density at radius 3 is 2.54 bits per heavy atom. The fraction of sp³-hybridized carbons (Fsp3) is 0.389. The molecule has 2 aromatic rings. The van der Waals surface area contributed by atoms with Gasteiger partial charge < -0.3 is 10.1 Å². The number of ether oxygens (including phenoxy) is 1. The lowest BCUT2D eigenvalue weighted by molar-refractivity contribution is -0.152. The molecule has 0 bridgehead atoms. The standard InChI is InChI=1S/C18H22FN3O3S/c1-11-17(12(2)22(4)21-11)20-18(24)13(3)25-16(23)9-10-26-15-7-5-14(19)6-8-15/h5-8,13H,9-10H2,1-4H3,(H,20,24)/t13-/m0/s1. The number of nitrogens with one attached hydrogen (secondary N) is 1. The molecule has 1 aromatic carbocycles. The summed E-state index contributed by atoms with van der Waals surface area (Å²) in [5, 5.41) is 6.98. The molecular weight excluding hydrogens is 357 g/mol. The number of halogens is 1. The van der Waals surface area contributed by atoms with Crippen molar-refractivity contribution in [2.45, 2.75) is 38.2 Å². The highest BCUT2D eigenvalue weighted by atomic mass is 32.2. The van der Waals surface area contributed by atoms with Gasteiger partial charge in [0.1, 0.15) is 5.82 Å². The average molecular weight is 379 g/mol. The molecule has 6 nitrogen and oxygen atoms in total. The van der Waals surface area contributed by atoms with Crippen LogP contribution in [0.3, 0.4) is 0 Å². The van der Waals surface area contributed by atoms with Crippen molar-refractivity contribution in [3.63, 3.8) is 0 Å². The fourth-order valence-corrected chi connectivity index (χ4v) is 3.10. The summed E-state index contributed by atoms with van der Waals surface area (Å²) in [5.41, 5.74) is 2.16. The van der Waals surface area contributed by atoms with Crippen LogP contribution in [0, 0.1) is 19.7 Å². The Morgan fingerprint density at radius 2 is 1.96 bits per heavy atom. The molecule has 26 heavy (non-hydrogen) atoms. The topological polar surface area (TPSA) is 73.2 Å². The number of carbonyl (C=O) groups excluding carboxylic acids is 2. The van der Waals surface area contributed by atoms with Crippen molar-refractivity contribution in [2.75, 3.05) is 11.1 Å². The minimum atomic E-state index is -0.905. The molecule has 0 aliphatic rings. The van der Waals surface area contributed by atoms with Gasteiger partial charge in [-0.1, -0.05) is 0 Å². The molecule has 1 amide bonds. The van der Waals surface area contributed by atoms with Gasteiger partial charge in [0.2, 0.25) is 0 Å². The summed E-state index contributed by atoms with van der Waals surface area (Å²) in [5.74, 6) is -0.669.